The Balaban J connectivity index is 2.35. The van der Waals surface area contributed by atoms with Gasteiger partial charge in [0.25, 0.3) is 0 Å². The van der Waals surface area contributed by atoms with E-state index in [2.05, 4.69) is 33.5 Å². The summed E-state index contributed by atoms with van der Waals surface area (Å²) in [5, 5.41) is 1.26. The molecule has 2 aromatic heterocycles. The molecule has 0 saturated heterocycles. The zero-order chi connectivity index (χ0) is 14.5. The summed E-state index contributed by atoms with van der Waals surface area (Å²) >= 11 is 2.43. The molecule has 101 valence electrons. The molecule has 0 aromatic carbocycles. The molecule has 0 amide bonds. The van der Waals surface area contributed by atoms with E-state index in [1.165, 1.54) is 6.33 Å². The molecule has 0 fully saturated rings. The number of rotatable bonds is 4. The van der Waals surface area contributed by atoms with Gasteiger partial charge in [-0.1, -0.05) is 0 Å². The maximum absolute atomic E-state index is 5.82. The van der Waals surface area contributed by atoms with Gasteiger partial charge in [0.1, 0.15) is 0 Å². The number of anilines is 1. The molecule has 6 heteroatoms. The Labute approximate surface area is 125 Å². The first-order chi connectivity index (χ1) is 9.61. The van der Waals surface area contributed by atoms with Crippen LogP contribution in [0.5, 0.6) is 0 Å². The number of methoxy groups -OCH3 is 1. The molecule has 2 rings (SSSR count). The molecule has 0 atom stereocenters. The van der Waals surface area contributed by atoms with Gasteiger partial charge in [-0.15, -0.1) is 0 Å². The van der Waals surface area contributed by atoms with Crippen LogP contribution in [0.15, 0.2) is 29.1 Å². The van der Waals surface area contributed by atoms with Crippen molar-refractivity contribution in [1.29, 1.82) is 0 Å². The van der Waals surface area contributed by atoms with Crippen molar-refractivity contribution in [2.45, 2.75) is 0 Å². The van der Waals surface area contributed by atoms with E-state index in [0.717, 1.165) is 4.23 Å². The Kier molecular flexibility index (Phi) is 4.55. The molecule has 0 aliphatic heterocycles. The summed E-state index contributed by atoms with van der Waals surface area (Å²) in [6.45, 7) is 3.83. The Morgan fingerprint density at radius 3 is 2.95 bits per heavy atom. The van der Waals surface area contributed by atoms with Gasteiger partial charge in [0.05, 0.1) is 0 Å². The summed E-state index contributed by atoms with van der Waals surface area (Å²) in [5.41, 5.74) is 5.82. The fraction of sp³-hybridized carbons (Fsp3) is 0.0714. The molecule has 0 aliphatic carbocycles. The number of furan rings is 1. The van der Waals surface area contributed by atoms with Gasteiger partial charge in [-0.25, -0.2) is 0 Å². The van der Waals surface area contributed by atoms with Gasteiger partial charge < -0.3 is 0 Å². The van der Waals surface area contributed by atoms with Gasteiger partial charge in [0.2, 0.25) is 0 Å². The molecule has 0 spiro atoms. The number of nitrogens with two attached hydrogens (primary N) is 1. The van der Waals surface area contributed by atoms with E-state index in [1.807, 2.05) is 18.2 Å². The number of hydrogen-bond donors (Lipinski definition) is 1. The molecule has 0 aliphatic rings. The molecule has 0 bridgehead atoms. The average molecular weight is 306 g/mol. The van der Waals surface area contributed by atoms with Crippen LogP contribution >= 0.6 is 0 Å². The number of nitrogen functional groups attached to an aromatic ring is 1. The fourth-order valence-corrected chi connectivity index (χ4v) is 1.92. The van der Waals surface area contributed by atoms with Crippen LogP contribution in [0.25, 0.3) is 18.7 Å². The van der Waals surface area contributed by atoms with Crippen molar-refractivity contribution in [2.24, 2.45) is 0 Å². The van der Waals surface area contributed by atoms with E-state index in [-0.39, 0.29) is 0 Å². The SMILES string of the molecule is C=c1ncnc(N)c1=C[C](=[V])c1ccc(/C=C/OC)o1. The van der Waals surface area contributed by atoms with Crippen LogP contribution in [0.2, 0.25) is 0 Å². The van der Waals surface area contributed by atoms with Gasteiger partial charge in [0, 0.05) is 0 Å². The third-order valence-electron chi connectivity index (χ3n) is 2.53. The van der Waals surface area contributed by atoms with Crippen molar-refractivity contribution >= 4 is 28.8 Å². The minimum atomic E-state index is 0.389. The van der Waals surface area contributed by atoms with E-state index < -0.39 is 0 Å². The Morgan fingerprint density at radius 1 is 1.45 bits per heavy atom. The first-order valence-corrected chi connectivity index (χ1v) is 6.44. The molecule has 2 N–H and O–H groups in total. The molecule has 20 heavy (non-hydrogen) atoms. The van der Waals surface area contributed by atoms with Crippen LogP contribution in [-0.4, -0.2) is 21.3 Å². The van der Waals surface area contributed by atoms with Crippen LogP contribution in [0.1, 0.15) is 11.5 Å². The Hall–Kier alpha value is -2.11. The predicted octanol–water partition coefficient (Wildman–Crippen LogP) is 0.227. The van der Waals surface area contributed by atoms with Gasteiger partial charge in [0.15, 0.2) is 0 Å². The van der Waals surface area contributed by atoms with Crippen molar-refractivity contribution in [3.8, 4) is 0 Å². The summed E-state index contributed by atoms with van der Waals surface area (Å²) in [6.07, 6.45) is 6.50. The maximum atomic E-state index is 5.82. The summed E-state index contributed by atoms with van der Waals surface area (Å²) in [5.74, 6) is 1.80. The zero-order valence-electron chi connectivity index (χ0n) is 10.9. The van der Waals surface area contributed by atoms with Crippen molar-refractivity contribution < 1.29 is 26.1 Å². The second-order valence-electron chi connectivity index (χ2n) is 3.89. The van der Waals surface area contributed by atoms with Gasteiger partial charge in [-0.05, 0) is 0 Å². The van der Waals surface area contributed by atoms with Crippen LogP contribution < -0.4 is 16.3 Å². The van der Waals surface area contributed by atoms with Crippen LogP contribution in [0, 0.1) is 0 Å². The van der Waals surface area contributed by atoms with Crippen LogP contribution in [0.3, 0.4) is 0 Å². The summed E-state index contributed by atoms with van der Waals surface area (Å²) < 4.78 is 11.3. The molecule has 2 heterocycles. The zero-order valence-corrected chi connectivity index (χ0v) is 12.3. The molecular weight excluding hydrogens is 293 g/mol. The van der Waals surface area contributed by atoms with Gasteiger partial charge in [-0.2, -0.15) is 0 Å². The van der Waals surface area contributed by atoms with E-state index in [1.54, 1.807) is 19.4 Å². The Morgan fingerprint density at radius 2 is 2.25 bits per heavy atom. The quantitative estimate of drug-likeness (QED) is 0.818. The first kappa shape index (κ1) is 14.3. The summed E-state index contributed by atoms with van der Waals surface area (Å²) in [6, 6.07) is 3.71. The fourth-order valence-electron chi connectivity index (χ4n) is 1.53. The standard InChI is InChI=1S/C14H13N3O2.V/c1-10-13(14(15)17-9-16-10)6-5-11-3-4-12(19-11)7-8-18-2;/h3-4,6-9H,1H2,2H3,(H2,15,16,17);/b8-7+,13-6?;. The summed E-state index contributed by atoms with van der Waals surface area (Å²) in [4.78, 5) is 7.97. The molecule has 0 saturated carbocycles. The van der Waals surface area contributed by atoms with Crippen molar-refractivity contribution in [3.05, 3.63) is 46.8 Å². The molecule has 0 unspecified atom stereocenters. The van der Waals surface area contributed by atoms with Crippen LogP contribution in [0.4, 0.5) is 5.82 Å². The van der Waals surface area contributed by atoms with E-state index in [4.69, 9.17) is 14.9 Å². The van der Waals surface area contributed by atoms with Crippen LogP contribution in [-0.2, 0) is 21.7 Å². The molecule has 0 radical (unpaired) electrons. The van der Waals surface area contributed by atoms with Crippen molar-refractivity contribution in [2.75, 3.05) is 12.8 Å². The third-order valence-corrected chi connectivity index (χ3v) is 3.07. The second kappa shape index (κ2) is 6.37. The van der Waals surface area contributed by atoms with E-state index in [9.17, 15) is 0 Å². The first-order valence-electron chi connectivity index (χ1n) is 5.74. The van der Waals surface area contributed by atoms with Crippen molar-refractivity contribution in [3.63, 3.8) is 0 Å². The number of aromatic nitrogens is 2. The second-order valence-corrected chi connectivity index (χ2v) is 4.64. The number of ether oxygens (including phenoxy) is 1. The molecular formula is C14H13N3O2V. The summed E-state index contributed by atoms with van der Waals surface area (Å²) in [7, 11) is 1.58. The number of hydrogen-bond acceptors (Lipinski definition) is 5. The van der Waals surface area contributed by atoms with Crippen molar-refractivity contribution in [1.82, 2.24) is 9.97 Å². The normalized spacial score (nSPS) is 11.9. The number of nitrogens with zero attached hydrogens (tertiary/aromatic N) is 2. The molecule has 2 aromatic rings. The molecule has 5 nitrogen and oxygen atoms in total. The Bertz CT molecular complexity index is 765. The van der Waals surface area contributed by atoms with Gasteiger partial charge in [-0.3, -0.25) is 0 Å². The van der Waals surface area contributed by atoms with E-state index in [0.29, 0.717) is 27.9 Å². The monoisotopic (exact) mass is 306 g/mol. The van der Waals surface area contributed by atoms with E-state index >= 15 is 0 Å². The topological polar surface area (TPSA) is 74.2 Å². The minimum absolute atomic E-state index is 0.389. The predicted molar refractivity (Wildman–Crippen MR) is 74.5 cm³/mol. The average Bonchev–Trinajstić information content (AvgIpc) is 2.89. The van der Waals surface area contributed by atoms with Gasteiger partial charge >= 0.3 is 125 Å². The third kappa shape index (κ3) is 3.26.